The summed E-state index contributed by atoms with van der Waals surface area (Å²) in [5.74, 6) is 1.81. The number of aryl methyl sites for hydroxylation is 2. The molecule has 5 rings (SSSR count). The topological polar surface area (TPSA) is 66.9 Å². The summed E-state index contributed by atoms with van der Waals surface area (Å²) >= 11 is 0. The van der Waals surface area contributed by atoms with E-state index in [0.29, 0.717) is 13.2 Å². The van der Waals surface area contributed by atoms with E-state index in [1.165, 1.54) is 24.2 Å². The van der Waals surface area contributed by atoms with Gasteiger partial charge in [-0.2, -0.15) is 5.10 Å². The highest BCUT2D eigenvalue weighted by molar-refractivity contribution is 5.87. The molecular weight excluding hydrogens is 338 g/mol. The quantitative estimate of drug-likeness (QED) is 0.776. The third-order valence-electron chi connectivity index (χ3n) is 5.42. The van der Waals surface area contributed by atoms with Crippen molar-refractivity contribution in [2.75, 3.05) is 31.2 Å². The van der Waals surface area contributed by atoms with Gasteiger partial charge in [0.25, 0.3) is 0 Å². The minimum Gasteiger partial charge on any atom is -0.378 e. The third-order valence-corrected chi connectivity index (χ3v) is 5.42. The van der Waals surface area contributed by atoms with E-state index in [4.69, 9.17) is 9.72 Å². The van der Waals surface area contributed by atoms with Gasteiger partial charge >= 0.3 is 0 Å². The van der Waals surface area contributed by atoms with E-state index in [-0.39, 0.29) is 0 Å². The lowest BCUT2D eigenvalue weighted by molar-refractivity contribution is 0.122. The zero-order chi connectivity index (χ0) is 18.1. The number of rotatable bonds is 3. The maximum Gasteiger partial charge on any atom is 0.163 e. The molecule has 0 bridgehead atoms. The number of nitrogens with zero attached hydrogens (tertiary/aromatic N) is 4. The maximum atomic E-state index is 5.53. The van der Waals surface area contributed by atoms with Crippen LogP contribution >= 0.6 is 0 Å². The number of aromatic nitrogens is 4. The Hall–Kier alpha value is -2.73. The van der Waals surface area contributed by atoms with Crippen molar-refractivity contribution >= 4 is 5.82 Å². The highest BCUT2D eigenvalue weighted by Gasteiger charge is 2.25. The minimum absolute atomic E-state index is 0.714. The van der Waals surface area contributed by atoms with Crippen LogP contribution in [-0.2, 0) is 17.6 Å². The molecule has 27 heavy (non-hydrogen) atoms. The highest BCUT2D eigenvalue weighted by atomic mass is 16.5. The lowest BCUT2D eigenvalue weighted by Crippen LogP contribution is -2.37. The molecule has 2 aliphatic rings. The van der Waals surface area contributed by atoms with Crippen LogP contribution in [0.1, 0.15) is 24.2 Å². The molecule has 1 saturated heterocycles. The standard InChI is InChI=1S/C21H23N5O/c1-2-6-15(7-3-1)16-14-22-25-21(26-10-12-27-13-11-26)19(16)20-23-17-8-4-5-9-18(17)24-20/h1-3,6-7,14H,4-5,8-13H2,(H,23,24). The molecule has 6 heteroatoms. The molecule has 1 aliphatic carbocycles. The molecule has 1 aromatic carbocycles. The summed E-state index contributed by atoms with van der Waals surface area (Å²) in [5, 5.41) is 8.86. The Morgan fingerprint density at radius 1 is 1.00 bits per heavy atom. The molecule has 0 atom stereocenters. The Balaban J connectivity index is 1.69. The lowest BCUT2D eigenvalue weighted by Gasteiger charge is -2.29. The first-order valence-electron chi connectivity index (χ1n) is 9.72. The number of ether oxygens (including phenoxy) is 1. The molecule has 1 fully saturated rings. The van der Waals surface area contributed by atoms with E-state index in [9.17, 15) is 0 Å². The van der Waals surface area contributed by atoms with E-state index in [2.05, 4.69) is 44.3 Å². The normalized spacial score (nSPS) is 17.0. The largest absolute Gasteiger partial charge is 0.378 e. The zero-order valence-corrected chi connectivity index (χ0v) is 15.3. The second-order valence-electron chi connectivity index (χ2n) is 7.14. The Morgan fingerprint density at radius 3 is 2.63 bits per heavy atom. The molecule has 6 nitrogen and oxygen atoms in total. The van der Waals surface area contributed by atoms with Crippen LogP contribution in [0.4, 0.5) is 5.82 Å². The van der Waals surface area contributed by atoms with Crippen LogP contribution in [0.5, 0.6) is 0 Å². The molecule has 3 aromatic rings. The van der Waals surface area contributed by atoms with Gasteiger partial charge in [-0.15, -0.1) is 5.10 Å². The number of hydrogen-bond donors (Lipinski definition) is 1. The molecule has 1 N–H and O–H groups in total. The Morgan fingerprint density at radius 2 is 1.81 bits per heavy atom. The molecule has 0 unspecified atom stereocenters. The van der Waals surface area contributed by atoms with Crippen LogP contribution in [0, 0.1) is 0 Å². The molecule has 3 heterocycles. The number of benzene rings is 1. The average molecular weight is 361 g/mol. The third kappa shape index (κ3) is 3.10. The SMILES string of the molecule is c1ccc(-c2cnnc(N3CCOCC3)c2-c2nc3c([nH]2)CCCC3)cc1. The van der Waals surface area contributed by atoms with Crippen molar-refractivity contribution in [1.29, 1.82) is 0 Å². The molecule has 2 aromatic heterocycles. The van der Waals surface area contributed by atoms with E-state index in [0.717, 1.165) is 54.3 Å². The van der Waals surface area contributed by atoms with Gasteiger partial charge < -0.3 is 14.6 Å². The average Bonchev–Trinajstić information content (AvgIpc) is 3.18. The van der Waals surface area contributed by atoms with Crippen LogP contribution in [0.15, 0.2) is 36.5 Å². The Bertz CT molecular complexity index is 907. The second-order valence-corrected chi connectivity index (χ2v) is 7.14. The minimum atomic E-state index is 0.714. The van der Waals surface area contributed by atoms with E-state index < -0.39 is 0 Å². The van der Waals surface area contributed by atoms with Gasteiger partial charge in [-0.1, -0.05) is 30.3 Å². The van der Waals surface area contributed by atoms with Crippen molar-refractivity contribution in [2.24, 2.45) is 0 Å². The molecular formula is C21H23N5O. The molecule has 0 amide bonds. The summed E-state index contributed by atoms with van der Waals surface area (Å²) in [6, 6.07) is 10.4. The predicted molar refractivity (Wildman–Crippen MR) is 105 cm³/mol. The molecule has 0 saturated carbocycles. The van der Waals surface area contributed by atoms with Gasteiger partial charge in [-0.3, -0.25) is 0 Å². The van der Waals surface area contributed by atoms with Gasteiger partial charge in [0, 0.05) is 24.3 Å². The fourth-order valence-electron chi connectivity index (χ4n) is 4.01. The number of fused-ring (bicyclic) bond motifs is 1. The van der Waals surface area contributed by atoms with Crippen LogP contribution < -0.4 is 4.90 Å². The molecule has 0 spiro atoms. The fraction of sp³-hybridized carbons (Fsp3) is 0.381. The smallest absolute Gasteiger partial charge is 0.163 e. The summed E-state index contributed by atoms with van der Waals surface area (Å²) in [6.07, 6.45) is 6.43. The van der Waals surface area contributed by atoms with Crippen molar-refractivity contribution in [3.05, 3.63) is 47.9 Å². The summed E-state index contributed by atoms with van der Waals surface area (Å²) in [7, 11) is 0. The lowest BCUT2D eigenvalue weighted by atomic mass is 10.0. The first-order valence-corrected chi connectivity index (χ1v) is 9.72. The van der Waals surface area contributed by atoms with Gasteiger partial charge in [0.05, 0.1) is 30.7 Å². The van der Waals surface area contributed by atoms with Crippen molar-refractivity contribution < 1.29 is 4.74 Å². The molecule has 0 radical (unpaired) electrons. The number of aromatic amines is 1. The number of imidazole rings is 1. The molecule has 138 valence electrons. The van der Waals surface area contributed by atoms with E-state index in [1.807, 2.05) is 12.3 Å². The molecule has 1 aliphatic heterocycles. The van der Waals surface area contributed by atoms with Crippen LogP contribution in [-0.4, -0.2) is 46.5 Å². The maximum absolute atomic E-state index is 5.53. The number of nitrogens with one attached hydrogen (secondary N) is 1. The first-order chi connectivity index (χ1) is 13.4. The van der Waals surface area contributed by atoms with Gasteiger partial charge in [-0.25, -0.2) is 4.98 Å². The van der Waals surface area contributed by atoms with Crippen LogP contribution in [0.25, 0.3) is 22.5 Å². The van der Waals surface area contributed by atoms with Crippen LogP contribution in [0.3, 0.4) is 0 Å². The van der Waals surface area contributed by atoms with Gasteiger partial charge in [0.2, 0.25) is 0 Å². The highest BCUT2D eigenvalue weighted by Crippen LogP contribution is 2.37. The van der Waals surface area contributed by atoms with E-state index in [1.54, 1.807) is 0 Å². The zero-order valence-electron chi connectivity index (χ0n) is 15.3. The van der Waals surface area contributed by atoms with Crippen molar-refractivity contribution in [3.8, 4) is 22.5 Å². The Labute approximate surface area is 158 Å². The number of morpholine rings is 1. The Kier molecular flexibility index (Phi) is 4.33. The summed E-state index contributed by atoms with van der Waals surface area (Å²) in [6.45, 7) is 3.07. The van der Waals surface area contributed by atoms with Crippen molar-refractivity contribution in [3.63, 3.8) is 0 Å². The number of anilines is 1. The van der Waals surface area contributed by atoms with Gasteiger partial charge in [0.15, 0.2) is 5.82 Å². The first kappa shape index (κ1) is 16.4. The summed E-state index contributed by atoms with van der Waals surface area (Å²) in [5.41, 5.74) is 5.73. The van der Waals surface area contributed by atoms with Gasteiger partial charge in [0.1, 0.15) is 5.82 Å². The van der Waals surface area contributed by atoms with Crippen molar-refractivity contribution in [2.45, 2.75) is 25.7 Å². The summed E-state index contributed by atoms with van der Waals surface area (Å²) in [4.78, 5) is 10.8. The monoisotopic (exact) mass is 361 g/mol. The number of hydrogen-bond acceptors (Lipinski definition) is 5. The second kappa shape index (κ2) is 7.12. The fourth-order valence-corrected chi connectivity index (χ4v) is 4.01. The van der Waals surface area contributed by atoms with Gasteiger partial charge in [-0.05, 0) is 31.2 Å². The summed E-state index contributed by atoms with van der Waals surface area (Å²) < 4.78 is 5.53. The van der Waals surface area contributed by atoms with Crippen molar-refractivity contribution in [1.82, 2.24) is 20.2 Å². The van der Waals surface area contributed by atoms with Crippen LogP contribution in [0.2, 0.25) is 0 Å². The van der Waals surface area contributed by atoms with E-state index >= 15 is 0 Å². The number of H-pyrrole nitrogens is 1. The predicted octanol–water partition coefficient (Wildman–Crippen LogP) is 3.25.